The standard InChI is InChI=1S/C14H21Cl2NO3/c1-10(18)3-2-6-17-8-12(19)9-20-14-5-4-11(15)7-13(14)16/h4-5,7,10,12,17-19H,2-3,6,8-9H2,1H3. The van der Waals surface area contributed by atoms with Crippen LogP contribution >= 0.6 is 23.2 Å². The first kappa shape index (κ1) is 17.5. The van der Waals surface area contributed by atoms with Gasteiger partial charge in [-0.25, -0.2) is 0 Å². The van der Waals surface area contributed by atoms with Crippen molar-refractivity contribution in [3.8, 4) is 5.75 Å². The van der Waals surface area contributed by atoms with Crippen LogP contribution in [0.25, 0.3) is 0 Å². The molecular formula is C14H21Cl2NO3. The Morgan fingerprint density at radius 3 is 2.70 bits per heavy atom. The van der Waals surface area contributed by atoms with Gasteiger partial charge >= 0.3 is 0 Å². The van der Waals surface area contributed by atoms with Gasteiger partial charge in [-0.05, 0) is 44.5 Å². The van der Waals surface area contributed by atoms with E-state index in [0.717, 1.165) is 19.4 Å². The van der Waals surface area contributed by atoms with Crippen molar-refractivity contribution in [3.05, 3.63) is 28.2 Å². The van der Waals surface area contributed by atoms with E-state index in [0.29, 0.717) is 22.3 Å². The van der Waals surface area contributed by atoms with Crippen LogP contribution in [0.3, 0.4) is 0 Å². The van der Waals surface area contributed by atoms with E-state index in [2.05, 4.69) is 5.32 Å². The van der Waals surface area contributed by atoms with Crippen molar-refractivity contribution in [2.45, 2.75) is 32.0 Å². The molecule has 2 atom stereocenters. The Morgan fingerprint density at radius 1 is 1.30 bits per heavy atom. The van der Waals surface area contributed by atoms with Gasteiger partial charge in [-0.15, -0.1) is 0 Å². The Balaban J connectivity index is 2.18. The van der Waals surface area contributed by atoms with Gasteiger partial charge in [-0.1, -0.05) is 23.2 Å². The molecule has 1 rings (SSSR count). The second-order valence-corrected chi connectivity index (χ2v) is 5.58. The van der Waals surface area contributed by atoms with Crippen LogP contribution in [0.4, 0.5) is 0 Å². The lowest BCUT2D eigenvalue weighted by molar-refractivity contribution is 0.106. The fourth-order valence-electron chi connectivity index (χ4n) is 1.63. The summed E-state index contributed by atoms with van der Waals surface area (Å²) in [5, 5.41) is 22.9. The highest BCUT2D eigenvalue weighted by atomic mass is 35.5. The van der Waals surface area contributed by atoms with Crippen molar-refractivity contribution in [3.63, 3.8) is 0 Å². The molecule has 6 heteroatoms. The molecule has 0 amide bonds. The van der Waals surface area contributed by atoms with Crippen molar-refractivity contribution in [1.29, 1.82) is 0 Å². The molecule has 0 aliphatic carbocycles. The maximum absolute atomic E-state index is 9.76. The zero-order chi connectivity index (χ0) is 15.0. The normalized spacial score (nSPS) is 14.1. The first-order valence-electron chi connectivity index (χ1n) is 6.63. The van der Waals surface area contributed by atoms with E-state index < -0.39 is 6.10 Å². The lowest BCUT2D eigenvalue weighted by Crippen LogP contribution is -2.32. The van der Waals surface area contributed by atoms with Gasteiger partial charge in [0.2, 0.25) is 0 Å². The van der Waals surface area contributed by atoms with Crippen LogP contribution in [-0.4, -0.2) is 42.1 Å². The SMILES string of the molecule is CC(O)CCCNCC(O)COc1ccc(Cl)cc1Cl. The number of ether oxygens (including phenoxy) is 1. The smallest absolute Gasteiger partial charge is 0.138 e. The fraction of sp³-hybridized carbons (Fsp3) is 0.571. The van der Waals surface area contributed by atoms with Crippen LogP contribution < -0.4 is 10.1 Å². The third-order valence-corrected chi connectivity index (χ3v) is 3.21. The number of halogens is 2. The van der Waals surface area contributed by atoms with Crippen LogP contribution in [0.2, 0.25) is 10.0 Å². The van der Waals surface area contributed by atoms with Crippen LogP contribution in [0.15, 0.2) is 18.2 Å². The van der Waals surface area contributed by atoms with Gasteiger partial charge in [-0.2, -0.15) is 0 Å². The molecule has 2 unspecified atom stereocenters. The number of aliphatic hydroxyl groups is 2. The summed E-state index contributed by atoms with van der Waals surface area (Å²) in [6.07, 6.45) is 0.722. The summed E-state index contributed by atoms with van der Waals surface area (Å²) in [4.78, 5) is 0. The molecule has 0 fully saturated rings. The van der Waals surface area contributed by atoms with Gasteiger partial charge in [0.15, 0.2) is 0 Å². The second-order valence-electron chi connectivity index (χ2n) is 4.73. The quantitative estimate of drug-likeness (QED) is 0.611. The largest absolute Gasteiger partial charge is 0.489 e. The highest BCUT2D eigenvalue weighted by Crippen LogP contribution is 2.27. The average Bonchev–Trinajstić information content (AvgIpc) is 2.37. The molecular weight excluding hydrogens is 301 g/mol. The number of hydrogen-bond donors (Lipinski definition) is 3. The van der Waals surface area contributed by atoms with Gasteiger partial charge < -0.3 is 20.3 Å². The Hall–Kier alpha value is -0.520. The monoisotopic (exact) mass is 321 g/mol. The zero-order valence-electron chi connectivity index (χ0n) is 11.5. The minimum atomic E-state index is -0.617. The van der Waals surface area contributed by atoms with E-state index in [4.69, 9.17) is 33.0 Å². The van der Waals surface area contributed by atoms with E-state index in [9.17, 15) is 5.11 Å². The van der Waals surface area contributed by atoms with Crippen LogP contribution in [0.1, 0.15) is 19.8 Å². The Labute approximate surface area is 129 Å². The molecule has 0 aromatic heterocycles. The van der Waals surface area contributed by atoms with E-state index in [-0.39, 0.29) is 12.7 Å². The lowest BCUT2D eigenvalue weighted by atomic mass is 10.2. The van der Waals surface area contributed by atoms with Gasteiger partial charge in [0, 0.05) is 11.6 Å². The molecule has 0 radical (unpaired) electrons. The van der Waals surface area contributed by atoms with E-state index in [1.165, 1.54) is 0 Å². The Kier molecular flexibility index (Phi) is 8.26. The Morgan fingerprint density at radius 2 is 2.05 bits per heavy atom. The summed E-state index contributed by atoms with van der Waals surface area (Å²) in [5.74, 6) is 0.504. The number of nitrogens with one attached hydrogen (secondary N) is 1. The van der Waals surface area contributed by atoms with Crippen LogP contribution in [0.5, 0.6) is 5.75 Å². The number of rotatable bonds is 9. The van der Waals surface area contributed by atoms with Crippen LogP contribution in [-0.2, 0) is 0 Å². The molecule has 4 nitrogen and oxygen atoms in total. The predicted octanol–water partition coefficient (Wildman–Crippen LogP) is 2.48. The molecule has 0 spiro atoms. The third kappa shape index (κ3) is 7.31. The minimum Gasteiger partial charge on any atom is -0.489 e. The van der Waals surface area contributed by atoms with Crippen molar-refractivity contribution in [1.82, 2.24) is 5.32 Å². The molecule has 0 heterocycles. The maximum atomic E-state index is 9.76. The molecule has 3 N–H and O–H groups in total. The predicted molar refractivity (Wildman–Crippen MR) is 81.7 cm³/mol. The number of hydrogen-bond acceptors (Lipinski definition) is 4. The molecule has 0 aliphatic rings. The van der Waals surface area contributed by atoms with Crippen molar-refractivity contribution >= 4 is 23.2 Å². The summed E-state index contributed by atoms with van der Waals surface area (Å²) in [6.45, 7) is 3.11. The van der Waals surface area contributed by atoms with Crippen molar-refractivity contribution in [2.24, 2.45) is 0 Å². The van der Waals surface area contributed by atoms with Gasteiger partial charge in [0.1, 0.15) is 18.5 Å². The lowest BCUT2D eigenvalue weighted by Gasteiger charge is -2.14. The van der Waals surface area contributed by atoms with E-state index in [1.807, 2.05) is 0 Å². The van der Waals surface area contributed by atoms with Crippen molar-refractivity contribution < 1.29 is 14.9 Å². The molecule has 114 valence electrons. The molecule has 0 bridgehead atoms. The second kappa shape index (κ2) is 9.42. The summed E-state index contributed by atoms with van der Waals surface area (Å²) in [7, 11) is 0. The summed E-state index contributed by atoms with van der Waals surface area (Å²) in [6, 6.07) is 4.95. The molecule has 20 heavy (non-hydrogen) atoms. The molecule has 0 saturated carbocycles. The molecule has 1 aromatic rings. The topological polar surface area (TPSA) is 61.7 Å². The Bertz CT molecular complexity index is 402. The summed E-state index contributed by atoms with van der Waals surface area (Å²) >= 11 is 11.7. The maximum Gasteiger partial charge on any atom is 0.138 e. The number of aliphatic hydroxyl groups excluding tert-OH is 2. The molecule has 0 saturated heterocycles. The van der Waals surface area contributed by atoms with E-state index >= 15 is 0 Å². The number of benzene rings is 1. The van der Waals surface area contributed by atoms with Gasteiger partial charge in [-0.3, -0.25) is 0 Å². The van der Waals surface area contributed by atoms with Crippen LogP contribution in [0, 0.1) is 0 Å². The van der Waals surface area contributed by atoms with Crippen molar-refractivity contribution in [2.75, 3.05) is 19.7 Å². The van der Waals surface area contributed by atoms with Gasteiger partial charge in [0.05, 0.1) is 11.1 Å². The first-order valence-corrected chi connectivity index (χ1v) is 7.39. The fourth-order valence-corrected chi connectivity index (χ4v) is 2.09. The first-order chi connectivity index (χ1) is 9.49. The van der Waals surface area contributed by atoms with E-state index in [1.54, 1.807) is 25.1 Å². The summed E-state index contributed by atoms with van der Waals surface area (Å²) in [5.41, 5.74) is 0. The van der Waals surface area contributed by atoms with Gasteiger partial charge in [0.25, 0.3) is 0 Å². The zero-order valence-corrected chi connectivity index (χ0v) is 13.0. The minimum absolute atomic E-state index is 0.157. The summed E-state index contributed by atoms with van der Waals surface area (Å²) < 4.78 is 5.43. The highest BCUT2D eigenvalue weighted by molar-refractivity contribution is 6.35. The molecule has 1 aromatic carbocycles. The highest BCUT2D eigenvalue weighted by Gasteiger charge is 2.07. The molecule has 0 aliphatic heterocycles. The third-order valence-electron chi connectivity index (χ3n) is 2.68. The average molecular weight is 322 g/mol.